The lowest BCUT2D eigenvalue weighted by Crippen LogP contribution is -2.02. The third-order valence-corrected chi connectivity index (χ3v) is 7.28. The topological polar surface area (TPSA) is 52.6 Å². The lowest BCUT2D eigenvalue weighted by molar-refractivity contribution is 0.0993. The maximum absolute atomic E-state index is 12.7. The third kappa shape index (κ3) is 3.71. The molecule has 116 valence electrons. The second-order valence-electron chi connectivity index (χ2n) is 4.95. The second kappa shape index (κ2) is 6.99. The summed E-state index contributed by atoms with van der Waals surface area (Å²) in [5.74, 6) is 1.16. The van der Waals surface area contributed by atoms with E-state index in [0.29, 0.717) is 30.1 Å². The van der Waals surface area contributed by atoms with Gasteiger partial charge in [0.2, 0.25) is 0 Å². The summed E-state index contributed by atoms with van der Waals surface area (Å²) in [6.45, 7) is 2.82. The summed E-state index contributed by atoms with van der Waals surface area (Å²) in [5, 5.41) is 0. The molecule has 4 nitrogen and oxygen atoms in total. The van der Waals surface area contributed by atoms with Gasteiger partial charge in [0.05, 0.1) is 12.2 Å². The summed E-state index contributed by atoms with van der Waals surface area (Å²) in [6, 6.07) is 3.64. The van der Waals surface area contributed by atoms with E-state index in [1.807, 2.05) is 19.9 Å². The van der Waals surface area contributed by atoms with Gasteiger partial charge in [-0.1, -0.05) is 13.0 Å². The zero-order chi connectivity index (χ0) is 15.5. The van der Waals surface area contributed by atoms with E-state index in [-0.39, 0.29) is 5.78 Å². The highest BCUT2D eigenvalue weighted by atomic mass is 32.7. The van der Waals surface area contributed by atoms with Crippen molar-refractivity contribution >= 4 is 24.0 Å². The SMILES string of the molecule is CCCSP(=O)(OCC)Oc1ccc(C)c2c1C(=O)CC2. The maximum atomic E-state index is 12.7. The highest BCUT2D eigenvalue weighted by molar-refractivity contribution is 8.55. The number of Topliss-reactive ketones (excluding diaryl/α,β-unsaturated/α-hetero) is 1. The van der Waals surface area contributed by atoms with Crippen LogP contribution >= 0.6 is 18.2 Å². The molecule has 0 heterocycles. The van der Waals surface area contributed by atoms with Crippen molar-refractivity contribution in [2.75, 3.05) is 12.4 Å². The molecule has 0 spiro atoms. The van der Waals surface area contributed by atoms with E-state index in [1.165, 1.54) is 11.4 Å². The van der Waals surface area contributed by atoms with Crippen LogP contribution in [0.4, 0.5) is 0 Å². The highest BCUT2D eigenvalue weighted by Gasteiger charge is 2.32. The van der Waals surface area contributed by atoms with Gasteiger partial charge < -0.3 is 4.52 Å². The Bertz CT molecular complexity index is 585. The Hall–Kier alpha value is -0.770. The first-order valence-electron chi connectivity index (χ1n) is 7.25. The molecule has 1 aliphatic rings. The molecule has 6 heteroatoms. The van der Waals surface area contributed by atoms with Crippen molar-refractivity contribution in [3.8, 4) is 5.75 Å². The highest BCUT2D eigenvalue weighted by Crippen LogP contribution is 2.61. The zero-order valence-corrected chi connectivity index (χ0v) is 14.4. The number of rotatable bonds is 7. The fourth-order valence-corrected chi connectivity index (χ4v) is 5.82. The van der Waals surface area contributed by atoms with E-state index >= 15 is 0 Å². The molecule has 1 aliphatic carbocycles. The normalized spacial score (nSPS) is 16.6. The first kappa shape index (κ1) is 16.6. The Balaban J connectivity index is 2.32. The molecule has 0 fully saturated rings. The number of aryl methyl sites for hydroxylation is 1. The third-order valence-electron chi connectivity index (χ3n) is 3.34. The van der Waals surface area contributed by atoms with E-state index in [4.69, 9.17) is 9.05 Å². The summed E-state index contributed by atoms with van der Waals surface area (Å²) in [4.78, 5) is 12.1. The average Bonchev–Trinajstić information content (AvgIpc) is 2.84. The minimum Gasteiger partial charge on any atom is -0.416 e. The van der Waals surface area contributed by atoms with Gasteiger partial charge in [0.15, 0.2) is 5.78 Å². The lowest BCUT2D eigenvalue weighted by atomic mass is 10.0. The Morgan fingerprint density at radius 2 is 2.05 bits per heavy atom. The van der Waals surface area contributed by atoms with Gasteiger partial charge in [-0.25, -0.2) is 4.57 Å². The van der Waals surface area contributed by atoms with Gasteiger partial charge in [0, 0.05) is 12.2 Å². The van der Waals surface area contributed by atoms with Crippen molar-refractivity contribution in [1.29, 1.82) is 0 Å². The van der Waals surface area contributed by atoms with Crippen molar-refractivity contribution in [1.82, 2.24) is 0 Å². The molecule has 0 aromatic heterocycles. The minimum atomic E-state index is -3.27. The van der Waals surface area contributed by atoms with Gasteiger partial charge in [-0.3, -0.25) is 9.32 Å². The molecule has 1 atom stereocenters. The number of fused-ring (bicyclic) bond motifs is 1. The molecule has 0 bridgehead atoms. The fraction of sp³-hybridized carbons (Fsp3) is 0.533. The molecular weight excluding hydrogens is 307 g/mol. The molecule has 1 aromatic rings. The van der Waals surface area contributed by atoms with E-state index < -0.39 is 6.80 Å². The van der Waals surface area contributed by atoms with E-state index in [9.17, 15) is 9.36 Å². The summed E-state index contributed by atoms with van der Waals surface area (Å²) in [5.41, 5.74) is 2.68. The van der Waals surface area contributed by atoms with Crippen LogP contribution in [0.15, 0.2) is 12.1 Å². The molecule has 0 saturated heterocycles. The van der Waals surface area contributed by atoms with Crippen LogP contribution in [0, 0.1) is 6.92 Å². The minimum absolute atomic E-state index is 0.0623. The Labute approximate surface area is 129 Å². The first-order chi connectivity index (χ1) is 10.0. The van der Waals surface area contributed by atoms with Crippen LogP contribution in [0.1, 0.15) is 48.2 Å². The van der Waals surface area contributed by atoms with Crippen molar-refractivity contribution in [3.05, 3.63) is 28.8 Å². The molecule has 0 radical (unpaired) electrons. The van der Waals surface area contributed by atoms with Crippen LogP contribution in [-0.4, -0.2) is 18.1 Å². The smallest absolute Gasteiger partial charge is 0.416 e. The standard InChI is InChI=1S/C15H21O4PS/c1-4-10-21-20(17,18-5-2)19-14-9-6-11(3)12-7-8-13(16)15(12)14/h6,9H,4-5,7-8,10H2,1-3H3. The molecule has 0 N–H and O–H groups in total. The molecule has 1 aromatic carbocycles. The van der Waals surface area contributed by atoms with Crippen LogP contribution in [0.2, 0.25) is 0 Å². The van der Waals surface area contributed by atoms with Gasteiger partial charge in [-0.05, 0) is 55.3 Å². The molecule has 0 aliphatic heterocycles. The number of hydrogen-bond donors (Lipinski definition) is 0. The molecule has 1 unspecified atom stereocenters. The molecular formula is C15H21O4PS. The molecule has 0 saturated carbocycles. The van der Waals surface area contributed by atoms with E-state index in [1.54, 1.807) is 13.0 Å². The number of carbonyl (C=O) groups is 1. The summed E-state index contributed by atoms with van der Waals surface area (Å²) >= 11 is 1.19. The molecule has 21 heavy (non-hydrogen) atoms. The van der Waals surface area contributed by atoms with Crippen LogP contribution < -0.4 is 4.52 Å². The summed E-state index contributed by atoms with van der Waals surface area (Å²) in [6.07, 6.45) is 2.12. The van der Waals surface area contributed by atoms with Crippen LogP contribution in [0.5, 0.6) is 5.75 Å². The Morgan fingerprint density at radius 1 is 1.29 bits per heavy atom. The Kier molecular flexibility index (Phi) is 5.53. The quantitative estimate of drug-likeness (QED) is 0.674. The average molecular weight is 328 g/mol. The number of ketones is 1. The van der Waals surface area contributed by atoms with Crippen molar-refractivity contribution in [2.45, 2.75) is 40.0 Å². The van der Waals surface area contributed by atoms with E-state index in [2.05, 4.69) is 0 Å². The maximum Gasteiger partial charge on any atom is 0.440 e. The second-order valence-corrected chi connectivity index (χ2v) is 9.06. The number of hydrogen-bond acceptors (Lipinski definition) is 5. The zero-order valence-electron chi connectivity index (χ0n) is 12.7. The van der Waals surface area contributed by atoms with Crippen LogP contribution in [0.25, 0.3) is 0 Å². The largest absolute Gasteiger partial charge is 0.440 e. The lowest BCUT2D eigenvalue weighted by Gasteiger charge is -2.19. The van der Waals surface area contributed by atoms with Crippen LogP contribution in [0.3, 0.4) is 0 Å². The van der Waals surface area contributed by atoms with Gasteiger partial charge in [0.25, 0.3) is 0 Å². The Morgan fingerprint density at radius 3 is 2.71 bits per heavy atom. The van der Waals surface area contributed by atoms with Gasteiger partial charge in [-0.2, -0.15) is 0 Å². The molecule has 2 rings (SSSR count). The van der Waals surface area contributed by atoms with Crippen molar-refractivity contribution < 1.29 is 18.4 Å². The number of benzene rings is 1. The first-order valence-corrected chi connectivity index (χ1v) is 10.4. The van der Waals surface area contributed by atoms with Crippen molar-refractivity contribution in [2.24, 2.45) is 0 Å². The van der Waals surface area contributed by atoms with Gasteiger partial charge in [-0.15, -0.1) is 0 Å². The fourth-order valence-electron chi connectivity index (χ4n) is 2.37. The van der Waals surface area contributed by atoms with Crippen molar-refractivity contribution in [3.63, 3.8) is 0 Å². The van der Waals surface area contributed by atoms with E-state index in [0.717, 1.165) is 24.0 Å². The summed E-state index contributed by atoms with van der Waals surface area (Å²) < 4.78 is 23.8. The molecule has 0 amide bonds. The monoisotopic (exact) mass is 328 g/mol. The van der Waals surface area contributed by atoms with Crippen LogP contribution in [-0.2, 0) is 15.5 Å². The predicted octanol–water partition coefficient (Wildman–Crippen LogP) is 4.79. The summed E-state index contributed by atoms with van der Waals surface area (Å²) in [7, 11) is 0. The van der Waals surface area contributed by atoms with Gasteiger partial charge in [0.1, 0.15) is 5.75 Å². The predicted molar refractivity (Wildman–Crippen MR) is 86.4 cm³/mol. The number of carbonyl (C=O) groups excluding carboxylic acids is 1. The van der Waals surface area contributed by atoms with Gasteiger partial charge >= 0.3 is 6.80 Å².